The summed E-state index contributed by atoms with van der Waals surface area (Å²) in [6.45, 7) is 0.605. The number of carbonyl (C=O) groups excluding carboxylic acids is 1. The summed E-state index contributed by atoms with van der Waals surface area (Å²) in [5.74, 6) is -0.760. The van der Waals surface area contributed by atoms with Crippen molar-refractivity contribution in [2.75, 3.05) is 13.1 Å². The second kappa shape index (κ2) is 6.31. The molecule has 0 aliphatic carbocycles. The highest BCUT2D eigenvalue weighted by molar-refractivity contribution is 7.91. The van der Waals surface area contributed by atoms with Gasteiger partial charge < -0.3 is 9.47 Å². The number of aromatic nitrogens is 3. The van der Waals surface area contributed by atoms with Crippen LogP contribution >= 0.6 is 0 Å². The lowest BCUT2D eigenvalue weighted by atomic mass is 10.1. The standard InChI is InChI=1S/C15H17FN4O3S/c1-19-10-17-18-15(19)24(22,23)13-5-7-20(8-6-13)14(21)11-3-2-4-12(16)9-11/h2-4,9-10,13H,5-8H2,1H3. The van der Waals surface area contributed by atoms with Crippen LogP contribution in [0.5, 0.6) is 0 Å². The number of rotatable bonds is 3. The summed E-state index contributed by atoms with van der Waals surface area (Å²) in [6, 6.07) is 5.49. The van der Waals surface area contributed by atoms with E-state index >= 15 is 0 Å². The number of halogens is 1. The second-order valence-corrected chi connectivity index (χ2v) is 7.89. The van der Waals surface area contributed by atoms with Crippen molar-refractivity contribution in [2.24, 2.45) is 7.05 Å². The molecule has 0 unspecified atom stereocenters. The minimum absolute atomic E-state index is 0.0580. The van der Waals surface area contributed by atoms with Crippen LogP contribution in [0.4, 0.5) is 4.39 Å². The minimum Gasteiger partial charge on any atom is -0.339 e. The number of likely N-dealkylation sites (tertiary alicyclic amines) is 1. The van der Waals surface area contributed by atoms with E-state index < -0.39 is 20.9 Å². The molecule has 3 rings (SSSR count). The first-order chi connectivity index (χ1) is 11.4. The first-order valence-corrected chi connectivity index (χ1v) is 9.07. The number of hydrogen-bond donors (Lipinski definition) is 0. The van der Waals surface area contributed by atoms with Gasteiger partial charge in [0.2, 0.25) is 15.0 Å². The first kappa shape index (κ1) is 16.6. The fourth-order valence-electron chi connectivity index (χ4n) is 2.85. The highest BCUT2D eigenvalue weighted by Crippen LogP contribution is 2.24. The molecule has 0 radical (unpaired) electrons. The minimum atomic E-state index is -3.58. The van der Waals surface area contributed by atoms with Crippen molar-refractivity contribution in [3.8, 4) is 0 Å². The highest BCUT2D eigenvalue weighted by atomic mass is 32.2. The summed E-state index contributed by atoms with van der Waals surface area (Å²) in [4.78, 5) is 13.9. The maximum absolute atomic E-state index is 13.2. The molecule has 1 aromatic heterocycles. The molecular weight excluding hydrogens is 335 g/mol. The van der Waals surface area contributed by atoms with E-state index in [9.17, 15) is 17.6 Å². The van der Waals surface area contributed by atoms with Gasteiger partial charge in [-0.05, 0) is 31.0 Å². The lowest BCUT2D eigenvalue weighted by Crippen LogP contribution is -2.42. The topological polar surface area (TPSA) is 85.2 Å². The van der Waals surface area contributed by atoms with Crippen LogP contribution < -0.4 is 0 Å². The predicted molar refractivity (Wildman–Crippen MR) is 83.5 cm³/mol. The van der Waals surface area contributed by atoms with Gasteiger partial charge in [-0.15, -0.1) is 10.2 Å². The van der Waals surface area contributed by atoms with Crippen molar-refractivity contribution in [2.45, 2.75) is 23.2 Å². The summed E-state index contributed by atoms with van der Waals surface area (Å²) in [5.41, 5.74) is 0.268. The Kier molecular flexibility index (Phi) is 4.35. The zero-order chi connectivity index (χ0) is 17.3. The molecular formula is C15H17FN4O3S. The maximum Gasteiger partial charge on any atom is 0.253 e. The second-order valence-electron chi connectivity index (χ2n) is 5.77. The smallest absolute Gasteiger partial charge is 0.253 e. The molecule has 1 aliphatic heterocycles. The van der Waals surface area contributed by atoms with Crippen LogP contribution in [0, 0.1) is 5.82 Å². The van der Waals surface area contributed by atoms with E-state index in [0.29, 0.717) is 25.9 Å². The number of amides is 1. The molecule has 1 saturated heterocycles. The van der Waals surface area contributed by atoms with E-state index in [-0.39, 0.29) is 16.6 Å². The van der Waals surface area contributed by atoms with Crippen LogP contribution in [0.25, 0.3) is 0 Å². The van der Waals surface area contributed by atoms with Gasteiger partial charge in [0.1, 0.15) is 12.1 Å². The summed E-state index contributed by atoms with van der Waals surface area (Å²) >= 11 is 0. The van der Waals surface area contributed by atoms with Crippen LogP contribution in [0.1, 0.15) is 23.2 Å². The average Bonchev–Trinajstić information content (AvgIpc) is 3.01. The van der Waals surface area contributed by atoms with Crippen molar-refractivity contribution in [1.82, 2.24) is 19.7 Å². The molecule has 0 bridgehead atoms. The Bertz CT molecular complexity index is 857. The molecule has 2 aromatic rings. The quantitative estimate of drug-likeness (QED) is 0.824. The van der Waals surface area contributed by atoms with Gasteiger partial charge in [-0.25, -0.2) is 12.8 Å². The van der Waals surface area contributed by atoms with Gasteiger partial charge in [-0.1, -0.05) is 6.07 Å². The Hall–Kier alpha value is -2.29. The number of hydrogen-bond acceptors (Lipinski definition) is 5. The van der Waals surface area contributed by atoms with Gasteiger partial charge in [0.25, 0.3) is 5.91 Å². The zero-order valence-corrected chi connectivity index (χ0v) is 13.9. The molecule has 128 valence electrons. The third kappa shape index (κ3) is 3.03. The Labute approximate surface area is 139 Å². The zero-order valence-electron chi connectivity index (χ0n) is 13.1. The van der Waals surface area contributed by atoms with Crippen molar-refractivity contribution in [3.05, 3.63) is 42.0 Å². The Morgan fingerprint density at radius 1 is 1.29 bits per heavy atom. The predicted octanol–water partition coefficient (Wildman–Crippen LogP) is 1.03. The first-order valence-electron chi connectivity index (χ1n) is 7.52. The van der Waals surface area contributed by atoms with E-state index in [1.54, 1.807) is 18.0 Å². The summed E-state index contributed by atoms with van der Waals surface area (Å²) < 4.78 is 39.8. The molecule has 1 aliphatic rings. The monoisotopic (exact) mass is 352 g/mol. The lowest BCUT2D eigenvalue weighted by molar-refractivity contribution is 0.0725. The normalized spacial score (nSPS) is 16.3. The third-order valence-electron chi connectivity index (χ3n) is 4.16. The van der Waals surface area contributed by atoms with Crippen LogP contribution in [-0.2, 0) is 16.9 Å². The summed E-state index contributed by atoms with van der Waals surface area (Å²) in [6.07, 6.45) is 1.97. The lowest BCUT2D eigenvalue weighted by Gasteiger charge is -2.31. The molecule has 1 aromatic carbocycles. The van der Waals surface area contributed by atoms with Gasteiger partial charge in [0.15, 0.2) is 0 Å². The van der Waals surface area contributed by atoms with Gasteiger partial charge >= 0.3 is 0 Å². The number of benzene rings is 1. The van der Waals surface area contributed by atoms with Crippen molar-refractivity contribution < 1.29 is 17.6 Å². The Morgan fingerprint density at radius 3 is 2.58 bits per heavy atom. The van der Waals surface area contributed by atoms with E-state index in [0.717, 1.165) is 0 Å². The molecule has 0 spiro atoms. The molecule has 1 amide bonds. The molecule has 0 saturated carbocycles. The van der Waals surface area contributed by atoms with Crippen LogP contribution in [0.3, 0.4) is 0 Å². The van der Waals surface area contributed by atoms with Crippen molar-refractivity contribution >= 4 is 15.7 Å². The van der Waals surface area contributed by atoms with E-state index in [2.05, 4.69) is 10.2 Å². The van der Waals surface area contributed by atoms with Crippen molar-refractivity contribution in [3.63, 3.8) is 0 Å². The van der Waals surface area contributed by atoms with Crippen LogP contribution in [0.15, 0.2) is 35.7 Å². The molecule has 0 atom stereocenters. The van der Waals surface area contributed by atoms with Gasteiger partial charge in [0.05, 0.1) is 5.25 Å². The van der Waals surface area contributed by atoms with Crippen LogP contribution in [0.2, 0.25) is 0 Å². The van der Waals surface area contributed by atoms with Gasteiger partial charge in [-0.2, -0.15) is 0 Å². The van der Waals surface area contributed by atoms with Gasteiger partial charge in [-0.3, -0.25) is 4.79 Å². The maximum atomic E-state index is 13.2. The number of carbonyl (C=O) groups is 1. The molecule has 2 heterocycles. The third-order valence-corrected chi connectivity index (χ3v) is 6.39. The number of sulfone groups is 1. The largest absolute Gasteiger partial charge is 0.339 e. The summed E-state index contributed by atoms with van der Waals surface area (Å²) in [5, 5.41) is 6.63. The van der Waals surface area contributed by atoms with Crippen LogP contribution in [-0.4, -0.2) is 52.3 Å². The molecule has 24 heavy (non-hydrogen) atoms. The average molecular weight is 352 g/mol. The Morgan fingerprint density at radius 2 is 2.00 bits per heavy atom. The number of nitrogens with zero attached hydrogens (tertiary/aromatic N) is 4. The SMILES string of the molecule is Cn1cnnc1S(=O)(=O)C1CCN(C(=O)c2cccc(F)c2)CC1. The Balaban J connectivity index is 1.70. The molecule has 9 heteroatoms. The molecule has 7 nitrogen and oxygen atoms in total. The summed E-state index contributed by atoms with van der Waals surface area (Å²) in [7, 11) is -2.00. The van der Waals surface area contributed by atoms with E-state index in [4.69, 9.17) is 0 Å². The number of piperidine rings is 1. The highest BCUT2D eigenvalue weighted by Gasteiger charge is 2.35. The fourth-order valence-corrected chi connectivity index (χ4v) is 4.59. The molecule has 1 fully saturated rings. The number of aryl methyl sites for hydroxylation is 1. The van der Waals surface area contributed by atoms with E-state index in [1.807, 2.05) is 0 Å². The molecule has 0 N–H and O–H groups in total. The van der Waals surface area contributed by atoms with E-state index in [1.165, 1.54) is 29.1 Å². The van der Waals surface area contributed by atoms with Gasteiger partial charge in [0, 0.05) is 25.7 Å². The van der Waals surface area contributed by atoms with Crippen molar-refractivity contribution in [1.29, 1.82) is 0 Å². The fraction of sp³-hybridized carbons (Fsp3) is 0.400.